The van der Waals surface area contributed by atoms with Gasteiger partial charge in [0.25, 0.3) is 0 Å². The van der Waals surface area contributed by atoms with E-state index in [9.17, 15) is 29.1 Å². The summed E-state index contributed by atoms with van der Waals surface area (Å²) >= 11 is 0. The summed E-state index contributed by atoms with van der Waals surface area (Å²) in [6, 6.07) is 7.07. The topological polar surface area (TPSA) is 166 Å². The second-order valence-electron chi connectivity index (χ2n) is 12.8. The fraction of sp³-hybridized carbons (Fsp3) is 0.645. The van der Waals surface area contributed by atoms with E-state index in [0.717, 1.165) is 5.56 Å². The van der Waals surface area contributed by atoms with Crippen molar-refractivity contribution < 1.29 is 29.1 Å². The highest BCUT2D eigenvalue weighted by atomic mass is 16.3. The molecule has 1 rings (SSSR count). The molecule has 5 amide bonds. The number of carbonyl (C=O) groups is 5. The normalized spacial score (nSPS) is 14.0. The van der Waals surface area contributed by atoms with Gasteiger partial charge in [0.1, 0.15) is 23.2 Å². The Morgan fingerprint density at radius 2 is 1.14 bits per heavy atom. The molecule has 0 radical (unpaired) electrons. The lowest BCUT2D eigenvalue weighted by Crippen LogP contribution is -2.64. The van der Waals surface area contributed by atoms with Crippen molar-refractivity contribution in [3.05, 3.63) is 35.9 Å². The van der Waals surface area contributed by atoms with Gasteiger partial charge >= 0.3 is 0 Å². The van der Waals surface area contributed by atoms with Crippen LogP contribution in [0.1, 0.15) is 80.7 Å². The Kier molecular flexibility index (Phi) is 14.1. The van der Waals surface area contributed by atoms with Gasteiger partial charge in [-0.2, -0.15) is 0 Å². The number of carbonyl (C=O) groups excluding carboxylic acids is 5. The van der Waals surface area contributed by atoms with Crippen LogP contribution in [0.15, 0.2) is 30.3 Å². The molecule has 1 aromatic carbocycles. The molecule has 11 heteroatoms. The van der Waals surface area contributed by atoms with E-state index in [1.165, 1.54) is 20.8 Å². The van der Waals surface area contributed by atoms with Crippen LogP contribution < -0.4 is 26.6 Å². The Hall–Kier alpha value is -3.47. The summed E-state index contributed by atoms with van der Waals surface area (Å²) in [7, 11) is 0. The fourth-order valence-electron chi connectivity index (χ4n) is 4.32. The molecule has 0 saturated carbocycles. The highest BCUT2D eigenvalue weighted by Gasteiger charge is 2.38. The minimum atomic E-state index is -1.40. The van der Waals surface area contributed by atoms with E-state index in [2.05, 4.69) is 26.6 Å². The quantitative estimate of drug-likeness (QED) is 0.171. The largest absolute Gasteiger partial charge is 0.394 e. The smallest absolute Gasteiger partial charge is 0.245 e. The van der Waals surface area contributed by atoms with Gasteiger partial charge in [-0.1, -0.05) is 58.0 Å². The van der Waals surface area contributed by atoms with Gasteiger partial charge in [-0.25, -0.2) is 0 Å². The molecule has 11 nitrogen and oxygen atoms in total. The van der Waals surface area contributed by atoms with E-state index in [1.54, 1.807) is 13.8 Å². The minimum Gasteiger partial charge on any atom is -0.394 e. The molecular weight excluding hydrogens is 538 g/mol. The van der Waals surface area contributed by atoms with Gasteiger partial charge in [0, 0.05) is 6.92 Å². The Bertz CT molecular complexity index is 1070. The van der Waals surface area contributed by atoms with Gasteiger partial charge in [0.05, 0.1) is 12.6 Å². The van der Waals surface area contributed by atoms with Crippen molar-refractivity contribution in [2.45, 2.75) is 111 Å². The molecule has 236 valence electrons. The zero-order valence-corrected chi connectivity index (χ0v) is 26.6. The van der Waals surface area contributed by atoms with Gasteiger partial charge in [-0.3, -0.25) is 24.0 Å². The number of hydrogen-bond donors (Lipinski definition) is 6. The van der Waals surface area contributed by atoms with Gasteiger partial charge in [-0.05, 0) is 64.4 Å². The molecular formula is C31H51N5O6. The third-order valence-electron chi connectivity index (χ3n) is 6.62. The third kappa shape index (κ3) is 12.6. The Morgan fingerprint density at radius 3 is 1.55 bits per heavy atom. The minimum absolute atomic E-state index is 0.0236. The number of benzene rings is 1. The van der Waals surface area contributed by atoms with Gasteiger partial charge in [0.2, 0.25) is 29.5 Å². The first kappa shape index (κ1) is 36.6. The highest BCUT2D eigenvalue weighted by Crippen LogP contribution is 2.13. The van der Waals surface area contributed by atoms with Crippen LogP contribution >= 0.6 is 0 Å². The van der Waals surface area contributed by atoms with E-state index in [4.69, 9.17) is 0 Å². The van der Waals surface area contributed by atoms with Crippen LogP contribution in [0.5, 0.6) is 0 Å². The standard InChI is InChI=1S/C31H51N5O6/c1-19(2)15-24(32-21(5)38)26(39)35-31(8,9)29(42)34-25(16-20(3)4)27(40)36-30(6,7)28(41)33-23(18-37)17-22-13-11-10-12-14-22/h10-14,19-20,23-25,37H,15-18H2,1-9H3,(H,32,38)(H,33,41)(H,34,42)(H,35,39)(H,36,40)/t23-,24-,25-/m0/s1. The summed E-state index contributed by atoms with van der Waals surface area (Å²) in [6.45, 7) is 14.8. The van der Waals surface area contributed by atoms with Crippen LogP contribution in [-0.4, -0.2) is 70.5 Å². The van der Waals surface area contributed by atoms with Gasteiger partial charge in [0.15, 0.2) is 0 Å². The second-order valence-corrected chi connectivity index (χ2v) is 12.8. The molecule has 42 heavy (non-hydrogen) atoms. The van der Waals surface area contributed by atoms with Crippen molar-refractivity contribution in [1.29, 1.82) is 0 Å². The van der Waals surface area contributed by atoms with E-state index in [0.29, 0.717) is 12.8 Å². The molecule has 0 fully saturated rings. The molecule has 0 unspecified atom stereocenters. The van der Waals surface area contributed by atoms with Crippen molar-refractivity contribution in [3.63, 3.8) is 0 Å². The summed E-state index contributed by atoms with van der Waals surface area (Å²) in [5.74, 6) is -2.35. The zero-order chi connectivity index (χ0) is 32.3. The van der Waals surface area contributed by atoms with Crippen molar-refractivity contribution in [2.75, 3.05) is 6.61 Å². The average Bonchev–Trinajstić information content (AvgIpc) is 2.86. The van der Waals surface area contributed by atoms with E-state index in [-0.39, 0.29) is 30.8 Å². The molecule has 0 bridgehead atoms. The first-order valence-electron chi connectivity index (χ1n) is 14.6. The van der Waals surface area contributed by atoms with Crippen LogP contribution in [0.2, 0.25) is 0 Å². The number of nitrogens with one attached hydrogen (secondary N) is 5. The lowest BCUT2D eigenvalue weighted by molar-refractivity contribution is -0.138. The van der Waals surface area contributed by atoms with Gasteiger partial charge in [-0.15, -0.1) is 0 Å². The maximum absolute atomic E-state index is 13.4. The maximum atomic E-state index is 13.4. The molecule has 0 heterocycles. The SMILES string of the molecule is CC(=O)N[C@@H](CC(C)C)C(=O)NC(C)(C)C(=O)N[C@@H](CC(C)C)C(=O)NC(C)(C)C(=O)N[C@H](CO)Cc1ccccc1. The fourth-order valence-corrected chi connectivity index (χ4v) is 4.32. The maximum Gasteiger partial charge on any atom is 0.245 e. The highest BCUT2D eigenvalue weighted by molar-refractivity contribution is 5.97. The number of aliphatic hydroxyl groups excluding tert-OH is 1. The summed E-state index contributed by atoms with van der Waals surface area (Å²) in [5, 5.41) is 23.4. The first-order chi connectivity index (χ1) is 19.4. The summed E-state index contributed by atoms with van der Waals surface area (Å²) in [4.78, 5) is 64.4. The van der Waals surface area contributed by atoms with E-state index < -0.39 is 52.8 Å². The molecule has 0 aliphatic carbocycles. The molecule has 0 saturated heterocycles. The molecule has 0 spiro atoms. The number of amides is 5. The summed E-state index contributed by atoms with van der Waals surface area (Å²) in [5.41, 5.74) is -1.81. The zero-order valence-electron chi connectivity index (χ0n) is 26.6. The summed E-state index contributed by atoms with van der Waals surface area (Å²) in [6.07, 6.45) is 1.09. The van der Waals surface area contributed by atoms with Crippen molar-refractivity contribution in [1.82, 2.24) is 26.6 Å². The number of aliphatic hydroxyl groups is 1. The van der Waals surface area contributed by atoms with Crippen molar-refractivity contribution >= 4 is 29.5 Å². The molecule has 6 N–H and O–H groups in total. The lowest BCUT2D eigenvalue weighted by atomic mass is 9.96. The predicted octanol–water partition coefficient (Wildman–Crippen LogP) is 1.58. The predicted molar refractivity (Wildman–Crippen MR) is 162 cm³/mol. The van der Waals surface area contributed by atoms with Crippen LogP contribution in [0, 0.1) is 11.8 Å². The Morgan fingerprint density at radius 1 is 0.714 bits per heavy atom. The molecule has 1 aromatic rings. The molecule has 0 aliphatic heterocycles. The van der Waals surface area contributed by atoms with Crippen molar-refractivity contribution in [2.24, 2.45) is 11.8 Å². The van der Waals surface area contributed by atoms with Crippen LogP contribution in [0.25, 0.3) is 0 Å². The van der Waals surface area contributed by atoms with E-state index in [1.807, 2.05) is 58.0 Å². The Balaban J connectivity index is 2.97. The molecule has 3 atom stereocenters. The first-order valence-corrected chi connectivity index (χ1v) is 14.6. The van der Waals surface area contributed by atoms with E-state index >= 15 is 0 Å². The van der Waals surface area contributed by atoms with Crippen LogP contribution in [0.4, 0.5) is 0 Å². The lowest BCUT2D eigenvalue weighted by Gasteiger charge is -2.33. The third-order valence-corrected chi connectivity index (χ3v) is 6.62. The second kappa shape index (κ2) is 16.2. The Labute approximate surface area is 250 Å². The summed E-state index contributed by atoms with van der Waals surface area (Å²) < 4.78 is 0. The van der Waals surface area contributed by atoms with Crippen molar-refractivity contribution in [3.8, 4) is 0 Å². The number of rotatable bonds is 16. The van der Waals surface area contributed by atoms with Crippen LogP contribution in [-0.2, 0) is 30.4 Å². The molecule has 0 aromatic heterocycles. The average molecular weight is 590 g/mol. The monoisotopic (exact) mass is 589 g/mol. The van der Waals surface area contributed by atoms with Gasteiger partial charge < -0.3 is 31.7 Å². The van der Waals surface area contributed by atoms with Crippen LogP contribution in [0.3, 0.4) is 0 Å². The molecule has 0 aliphatic rings. The number of hydrogen-bond acceptors (Lipinski definition) is 6.